The van der Waals surface area contributed by atoms with Gasteiger partial charge in [-0.2, -0.15) is 17.0 Å². The largest absolute Gasteiger partial charge is 0.384 e. The first kappa shape index (κ1) is 10.5. The highest BCUT2D eigenvalue weighted by Gasteiger charge is 2.40. The van der Waals surface area contributed by atoms with Gasteiger partial charge in [0.1, 0.15) is 5.60 Å². The zero-order chi connectivity index (χ0) is 10.9. The van der Waals surface area contributed by atoms with Crippen molar-refractivity contribution >= 4 is 11.8 Å². The standard InChI is InChI=1S/C12H13NOS/c1-9-7-15-8-12(9,14)11-4-2-10(6-13)3-5-11/h2-5,9,14H,7-8H2,1H3/t9-,12+/m0/s1. The van der Waals surface area contributed by atoms with Crippen molar-refractivity contribution in [1.82, 2.24) is 0 Å². The third-order valence-corrected chi connectivity index (χ3v) is 4.40. The molecule has 0 amide bonds. The van der Waals surface area contributed by atoms with Crippen molar-refractivity contribution in [2.24, 2.45) is 5.92 Å². The molecule has 0 aromatic heterocycles. The lowest BCUT2D eigenvalue weighted by Crippen LogP contribution is -2.32. The Morgan fingerprint density at radius 1 is 1.47 bits per heavy atom. The SMILES string of the molecule is C[C@H]1CSC[C@]1(O)c1ccc(C#N)cc1. The highest BCUT2D eigenvalue weighted by atomic mass is 32.2. The van der Waals surface area contributed by atoms with Gasteiger partial charge >= 0.3 is 0 Å². The van der Waals surface area contributed by atoms with E-state index in [4.69, 9.17) is 5.26 Å². The molecule has 0 bridgehead atoms. The van der Waals surface area contributed by atoms with Gasteiger partial charge in [0.05, 0.1) is 11.6 Å². The van der Waals surface area contributed by atoms with Crippen LogP contribution < -0.4 is 0 Å². The second-order valence-electron chi connectivity index (χ2n) is 4.03. The van der Waals surface area contributed by atoms with Gasteiger partial charge in [0.2, 0.25) is 0 Å². The normalized spacial score (nSPS) is 30.1. The van der Waals surface area contributed by atoms with Crippen molar-refractivity contribution in [3.05, 3.63) is 35.4 Å². The molecule has 1 aliphatic heterocycles. The van der Waals surface area contributed by atoms with Gasteiger partial charge in [-0.15, -0.1) is 0 Å². The van der Waals surface area contributed by atoms with Crippen LogP contribution in [0.15, 0.2) is 24.3 Å². The highest BCUT2D eigenvalue weighted by Crippen LogP contribution is 2.41. The predicted octanol–water partition coefficient (Wildman–Crippen LogP) is 2.13. The van der Waals surface area contributed by atoms with E-state index in [1.165, 1.54) is 0 Å². The number of nitrogens with zero attached hydrogens (tertiary/aromatic N) is 1. The topological polar surface area (TPSA) is 44.0 Å². The summed E-state index contributed by atoms with van der Waals surface area (Å²) in [6, 6.07) is 9.34. The van der Waals surface area contributed by atoms with Crippen LogP contribution in [0.2, 0.25) is 0 Å². The summed E-state index contributed by atoms with van der Waals surface area (Å²) in [4.78, 5) is 0. The minimum absolute atomic E-state index is 0.274. The molecule has 2 nitrogen and oxygen atoms in total. The van der Waals surface area contributed by atoms with Crippen LogP contribution in [0.3, 0.4) is 0 Å². The van der Waals surface area contributed by atoms with Crippen molar-refractivity contribution in [1.29, 1.82) is 5.26 Å². The number of rotatable bonds is 1. The van der Waals surface area contributed by atoms with E-state index in [9.17, 15) is 5.11 Å². The smallest absolute Gasteiger partial charge is 0.102 e. The molecular weight excluding hydrogens is 206 g/mol. The Morgan fingerprint density at radius 3 is 2.60 bits per heavy atom. The monoisotopic (exact) mass is 219 g/mol. The van der Waals surface area contributed by atoms with Gasteiger partial charge < -0.3 is 5.11 Å². The molecule has 78 valence electrons. The molecule has 0 saturated carbocycles. The first-order valence-corrected chi connectivity index (χ1v) is 6.13. The Balaban J connectivity index is 2.33. The maximum Gasteiger partial charge on any atom is 0.102 e. The predicted molar refractivity (Wildman–Crippen MR) is 61.5 cm³/mol. The van der Waals surface area contributed by atoms with Crippen LogP contribution in [0, 0.1) is 17.2 Å². The molecule has 0 radical (unpaired) electrons. The van der Waals surface area contributed by atoms with E-state index in [0.717, 1.165) is 17.1 Å². The highest BCUT2D eigenvalue weighted by molar-refractivity contribution is 7.99. The molecule has 1 aromatic rings. The van der Waals surface area contributed by atoms with Gasteiger partial charge in [0.15, 0.2) is 0 Å². The number of nitriles is 1. The first-order chi connectivity index (χ1) is 7.16. The number of aliphatic hydroxyl groups is 1. The molecule has 2 rings (SSSR count). The van der Waals surface area contributed by atoms with Gasteiger partial charge in [-0.25, -0.2) is 0 Å². The molecule has 0 aliphatic carbocycles. The summed E-state index contributed by atoms with van der Waals surface area (Å²) in [6.07, 6.45) is 0. The fourth-order valence-electron chi connectivity index (χ4n) is 1.87. The molecule has 15 heavy (non-hydrogen) atoms. The van der Waals surface area contributed by atoms with Crippen molar-refractivity contribution in [2.45, 2.75) is 12.5 Å². The lowest BCUT2D eigenvalue weighted by molar-refractivity contribution is 0.0234. The first-order valence-electron chi connectivity index (χ1n) is 4.97. The lowest BCUT2D eigenvalue weighted by Gasteiger charge is -2.27. The van der Waals surface area contributed by atoms with E-state index < -0.39 is 5.60 Å². The van der Waals surface area contributed by atoms with Crippen LogP contribution in [0.25, 0.3) is 0 Å². The van der Waals surface area contributed by atoms with Crippen LogP contribution in [-0.4, -0.2) is 16.6 Å². The lowest BCUT2D eigenvalue weighted by atomic mass is 9.85. The van der Waals surface area contributed by atoms with Gasteiger partial charge in [-0.3, -0.25) is 0 Å². The van der Waals surface area contributed by atoms with Gasteiger partial charge in [-0.1, -0.05) is 19.1 Å². The number of hydrogen-bond acceptors (Lipinski definition) is 3. The van der Waals surface area contributed by atoms with E-state index in [2.05, 4.69) is 13.0 Å². The summed E-state index contributed by atoms with van der Waals surface area (Å²) in [5.74, 6) is 2.02. The zero-order valence-electron chi connectivity index (χ0n) is 8.60. The zero-order valence-corrected chi connectivity index (χ0v) is 9.42. The summed E-state index contributed by atoms with van der Waals surface area (Å²) in [6.45, 7) is 2.07. The number of thioether (sulfide) groups is 1. The van der Waals surface area contributed by atoms with E-state index in [-0.39, 0.29) is 5.92 Å². The second-order valence-corrected chi connectivity index (χ2v) is 5.06. The second kappa shape index (κ2) is 3.88. The minimum atomic E-state index is -0.710. The van der Waals surface area contributed by atoms with E-state index in [0.29, 0.717) is 5.56 Å². The van der Waals surface area contributed by atoms with Crippen LogP contribution in [0.1, 0.15) is 18.1 Å². The van der Waals surface area contributed by atoms with Crippen LogP contribution >= 0.6 is 11.8 Å². The summed E-state index contributed by atoms with van der Waals surface area (Å²) in [7, 11) is 0. The fourth-order valence-corrected chi connectivity index (χ4v) is 3.38. The van der Waals surface area contributed by atoms with Gasteiger partial charge in [0, 0.05) is 5.75 Å². The number of hydrogen-bond donors (Lipinski definition) is 1. The molecule has 3 heteroatoms. The Bertz CT molecular complexity index is 395. The van der Waals surface area contributed by atoms with E-state index >= 15 is 0 Å². The molecule has 0 spiro atoms. The van der Waals surface area contributed by atoms with Crippen LogP contribution in [0.4, 0.5) is 0 Å². The van der Waals surface area contributed by atoms with Crippen molar-refractivity contribution in [3.8, 4) is 6.07 Å². The summed E-state index contributed by atoms with van der Waals surface area (Å²) < 4.78 is 0. The molecule has 1 fully saturated rings. The Hall–Kier alpha value is -0.980. The minimum Gasteiger partial charge on any atom is -0.384 e. The van der Waals surface area contributed by atoms with Crippen LogP contribution in [0.5, 0.6) is 0 Å². The van der Waals surface area contributed by atoms with Crippen molar-refractivity contribution in [2.75, 3.05) is 11.5 Å². The molecule has 1 aliphatic rings. The third-order valence-electron chi connectivity index (χ3n) is 3.02. The van der Waals surface area contributed by atoms with Crippen molar-refractivity contribution < 1.29 is 5.11 Å². The molecule has 1 saturated heterocycles. The number of benzene rings is 1. The summed E-state index contributed by atoms with van der Waals surface area (Å²) in [5, 5.41) is 19.2. The fraction of sp³-hybridized carbons (Fsp3) is 0.417. The van der Waals surface area contributed by atoms with E-state index in [1.54, 1.807) is 23.9 Å². The maximum absolute atomic E-state index is 10.5. The molecule has 1 heterocycles. The average Bonchev–Trinajstić information content (AvgIpc) is 2.61. The molecule has 1 aromatic carbocycles. The quantitative estimate of drug-likeness (QED) is 0.787. The Kier molecular flexibility index (Phi) is 2.72. The maximum atomic E-state index is 10.5. The Labute approximate surface area is 93.9 Å². The molecule has 0 unspecified atom stereocenters. The summed E-state index contributed by atoms with van der Waals surface area (Å²) in [5.41, 5.74) is 0.859. The van der Waals surface area contributed by atoms with Crippen molar-refractivity contribution in [3.63, 3.8) is 0 Å². The molecule has 2 atom stereocenters. The van der Waals surface area contributed by atoms with E-state index in [1.807, 2.05) is 12.1 Å². The third kappa shape index (κ3) is 1.75. The van der Waals surface area contributed by atoms with Crippen LogP contribution in [-0.2, 0) is 5.60 Å². The molecule has 1 N–H and O–H groups in total. The Morgan fingerprint density at radius 2 is 2.13 bits per heavy atom. The molecular formula is C12H13NOS. The average molecular weight is 219 g/mol. The van der Waals surface area contributed by atoms with Gasteiger partial charge in [-0.05, 0) is 29.4 Å². The van der Waals surface area contributed by atoms with Gasteiger partial charge in [0.25, 0.3) is 0 Å². The summed E-state index contributed by atoms with van der Waals surface area (Å²) >= 11 is 1.78.